The number of hydrogen-bond acceptors (Lipinski definition) is 5. The summed E-state index contributed by atoms with van der Waals surface area (Å²) in [5.41, 5.74) is 11.6. The van der Waals surface area contributed by atoms with E-state index >= 15 is 0 Å². The number of H-pyrrole nitrogens is 2. The summed E-state index contributed by atoms with van der Waals surface area (Å²) >= 11 is 13.2. The third-order valence-electron chi connectivity index (χ3n) is 6.75. The number of para-hydroxylation sites is 1. The molecule has 5 aromatic rings. The number of halogens is 2. The quantitative estimate of drug-likeness (QED) is 0.313. The van der Waals surface area contributed by atoms with Gasteiger partial charge in [0.05, 0.1) is 22.1 Å². The largest absolute Gasteiger partial charge is 0.368 e. The van der Waals surface area contributed by atoms with Crippen molar-refractivity contribution in [3.8, 4) is 11.4 Å². The van der Waals surface area contributed by atoms with Crippen LogP contribution in [0.2, 0.25) is 10.0 Å². The minimum absolute atomic E-state index is 0.376. The Labute approximate surface area is 216 Å². The van der Waals surface area contributed by atoms with E-state index in [1.54, 1.807) is 6.07 Å². The molecule has 180 valence electrons. The minimum atomic E-state index is -0.564. The van der Waals surface area contributed by atoms with Crippen LogP contribution in [0.5, 0.6) is 0 Å². The van der Waals surface area contributed by atoms with Gasteiger partial charge in [-0.2, -0.15) is 5.21 Å². The number of rotatable bonds is 5. The molecule has 0 bridgehead atoms. The van der Waals surface area contributed by atoms with E-state index in [4.69, 9.17) is 28.9 Å². The Morgan fingerprint density at radius 3 is 2.72 bits per heavy atom. The molecule has 6 rings (SSSR count). The first kappa shape index (κ1) is 22.7. The van der Waals surface area contributed by atoms with Gasteiger partial charge in [-0.05, 0) is 46.5 Å². The van der Waals surface area contributed by atoms with Crippen LogP contribution in [0.15, 0.2) is 66.7 Å². The number of nitrogens with two attached hydrogens (primary N) is 1. The Morgan fingerprint density at radius 2 is 1.92 bits per heavy atom. The van der Waals surface area contributed by atoms with Crippen LogP contribution < -0.4 is 5.73 Å². The molecule has 0 unspecified atom stereocenters. The molecule has 8 nitrogen and oxygen atoms in total. The molecule has 0 saturated heterocycles. The second kappa shape index (κ2) is 9.05. The number of aromatic nitrogens is 5. The summed E-state index contributed by atoms with van der Waals surface area (Å²) in [6.45, 7) is 0.432. The van der Waals surface area contributed by atoms with Gasteiger partial charge < -0.3 is 10.7 Å². The van der Waals surface area contributed by atoms with Crippen molar-refractivity contribution in [1.29, 1.82) is 0 Å². The lowest BCUT2D eigenvalue weighted by molar-refractivity contribution is -0.124. The summed E-state index contributed by atoms with van der Waals surface area (Å²) in [6, 6.07) is 20.5. The number of carbonyl (C=O) groups excluding carboxylic acids is 1. The number of primary amides is 1. The minimum Gasteiger partial charge on any atom is -0.368 e. The monoisotopic (exact) mass is 517 g/mol. The van der Waals surface area contributed by atoms with Crippen molar-refractivity contribution in [2.45, 2.75) is 25.0 Å². The van der Waals surface area contributed by atoms with E-state index in [0.717, 1.165) is 38.9 Å². The van der Waals surface area contributed by atoms with Gasteiger partial charge >= 0.3 is 0 Å². The van der Waals surface area contributed by atoms with Gasteiger partial charge in [0.2, 0.25) is 11.7 Å². The van der Waals surface area contributed by atoms with E-state index in [9.17, 15) is 4.79 Å². The lowest BCUT2D eigenvalue weighted by Gasteiger charge is -2.41. The third-order valence-corrected chi connectivity index (χ3v) is 7.58. The zero-order valence-electron chi connectivity index (χ0n) is 19.0. The van der Waals surface area contributed by atoms with Gasteiger partial charge in [0.25, 0.3) is 0 Å². The van der Waals surface area contributed by atoms with E-state index in [1.807, 2.05) is 54.6 Å². The molecule has 1 aliphatic rings. The van der Waals surface area contributed by atoms with E-state index in [2.05, 4.69) is 36.6 Å². The number of amides is 1. The maximum absolute atomic E-state index is 12.9. The Morgan fingerprint density at radius 1 is 1.08 bits per heavy atom. The van der Waals surface area contributed by atoms with E-state index in [-0.39, 0.29) is 6.04 Å². The summed E-state index contributed by atoms with van der Waals surface area (Å²) in [7, 11) is 0. The van der Waals surface area contributed by atoms with Crippen LogP contribution in [-0.4, -0.2) is 42.5 Å². The van der Waals surface area contributed by atoms with Crippen molar-refractivity contribution in [3.05, 3.63) is 99.2 Å². The summed E-state index contributed by atoms with van der Waals surface area (Å²) < 4.78 is 0. The van der Waals surface area contributed by atoms with Crippen molar-refractivity contribution < 1.29 is 4.79 Å². The number of nitrogens with one attached hydrogen (secondary N) is 2. The van der Waals surface area contributed by atoms with Crippen molar-refractivity contribution >= 4 is 40.0 Å². The maximum Gasteiger partial charge on any atom is 0.235 e. The molecule has 1 aliphatic heterocycles. The molecule has 3 aromatic carbocycles. The van der Waals surface area contributed by atoms with Gasteiger partial charge in [0.1, 0.15) is 0 Å². The predicted molar refractivity (Wildman–Crippen MR) is 138 cm³/mol. The lowest BCUT2D eigenvalue weighted by Crippen LogP contribution is -2.50. The molecule has 0 aliphatic carbocycles. The number of nitrogens with zero attached hydrogens (tertiary/aromatic N) is 4. The maximum atomic E-state index is 12.9. The Hall–Kier alpha value is -3.72. The van der Waals surface area contributed by atoms with Crippen molar-refractivity contribution in [3.63, 3.8) is 0 Å². The molecular weight excluding hydrogens is 497 g/mol. The average Bonchev–Trinajstić information content (AvgIpc) is 3.54. The number of tetrazole rings is 1. The summed E-state index contributed by atoms with van der Waals surface area (Å²) in [4.78, 5) is 18.6. The summed E-state index contributed by atoms with van der Waals surface area (Å²) in [5, 5.41) is 16.3. The van der Waals surface area contributed by atoms with Gasteiger partial charge in [0, 0.05) is 28.7 Å². The van der Waals surface area contributed by atoms with Crippen LogP contribution in [-0.2, 0) is 17.8 Å². The standard InChI is InChI=1S/C26H21Cl2N7O/c27-19-9-4-8-17(22(19)28)24-23-18(16-7-1-2-10-20(16)30-23)12-21(25(29)36)35(24)13-14-5-3-6-15(11-14)26-31-33-34-32-26/h1-11,21,24,30H,12-13H2,(H2,29,36)(H,31,32,33,34)/t21-,24+/m0/s1. The first-order chi connectivity index (χ1) is 17.5. The SMILES string of the molecule is NC(=O)[C@@H]1Cc2c([nH]c3ccccc23)[C@@H](c2cccc(Cl)c2Cl)N1Cc1cccc(-c2nn[nH]n2)c1. The second-order valence-corrected chi connectivity index (χ2v) is 9.62. The van der Waals surface area contributed by atoms with Gasteiger partial charge in [0.15, 0.2) is 0 Å². The first-order valence-electron chi connectivity index (χ1n) is 11.4. The van der Waals surface area contributed by atoms with Gasteiger partial charge in [-0.3, -0.25) is 9.69 Å². The summed E-state index contributed by atoms with van der Waals surface area (Å²) in [6.07, 6.45) is 0.480. The Balaban J connectivity index is 1.53. The molecule has 10 heteroatoms. The number of benzene rings is 3. The predicted octanol–water partition coefficient (Wildman–Crippen LogP) is 4.66. The topological polar surface area (TPSA) is 117 Å². The molecule has 0 fully saturated rings. The fourth-order valence-electron chi connectivity index (χ4n) is 5.17. The van der Waals surface area contributed by atoms with Gasteiger partial charge in [-0.15, -0.1) is 10.2 Å². The fraction of sp³-hybridized carbons (Fsp3) is 0.154. The van der Waals surface area contributed by atoms with Gasteiger partial charge in [-0.25, -0.2) is 0 Å². The number of aromatic amines is 2. The zero-order valence-corrected chi connectivity index (χ0v) is 20.5. The molecule has 2 aromatic heterocycles. The van der Waals surface area contributed by atoms with Crippen LogP contribution in [0.25, 0.3) is 22.3 Å². The van der Waals surface area contributed by atoms with Crippen molar-refractivity contribution in [2.24, 2.45) is 5.73 Å². The lowest BCUT2D eigenvalue weighted by atomic mass is 9.87. The van der Waals surface area contributed by atoms with Gasteiger partial charge in [-0.1, -0.05) is 71.7 Å². The normalized spacial score (nSPS) is 17.8. The van der Waals surface area contributed by atoms with Crippen LogP contribution in [0.1, 0.15) is 28.4 Å². The number of hydrogen-bond donors (Lipinski definition) is 3. The Bertz CT molecular complexity index is 1580. The van der Waals surface area contributed by atoms with Crippen LogP contribution >= 0.6 is 23.2 Å². The van der Waals surface area contributed by atoms with Crippen LogP contribution in [0.3, 0.4) is 0 Å². The molecular formula is C26H21Cl2N7O. The van der Waals surface area contributed by atoms with E-state index in [1.165, 1.54) is 0 Å². The van der Waals surface area contributed by atoms with E-state index in [0.29, 0.717) is 28.8 Å². The molecule has 0 saturated carbocycles. The average molecular weight is 518 g/mol. The van der Waals surface area contributed by atoms with E-state index < -0.39 is 11.9 Å². The highest BCUT2D eigenvalue weighted by atomic mass is 35.5. The number of carbonyl (C=O) groups is 1. The molecule has 0 radical (unpaired) electrons. The molecule has 2 atom stereocenters. The fourth-order valence-corrected chi connectivity index (χ4v) is 5.58. The van der Waals surface area contributed by atoms with Crippen molar-refractivity contribution in [2.75, 3.05) is 0 Å². The second-order valence-electron chi connectivity index (χ2n) is 8.84. The highest BCUT2D eigenvalue weighted by molar-refractivity contribution is 6.42. The van der Waals surface area contributed by atoms with Crippen molar-refractivity contribution in [1.82, 2.24) is 30.5 Å². The molecule has 4 N–H and O–H groups in total. The molecule has 3 heterocycles. The molecule has 0 spiro atoms. The third kappa shape index (κ3) is 3.83. The highest BCUT2D eigenvalue weighted by Gasteiger charge is 2.41. The summed E-state index contributed by atoms with van der Waals surface area (Å²) in [5.74, 6) is 0.0951. The molecule has 36 heavy (non-hydrogen) atoms. The first-order valence-corrected chi connectivity index (χ1v) is 12.2. The zero-order chi connectivity index (χ0) is 24.8. The Kier molecular flexibility index (Phi) is 5.72. The van der Waals surface area contributed by atoms with Crippen LogP contribution in [0.4, 0.5) is 0 Å². The number of fused-ring (bicyclic) bond motifs is 3. The van der Waals surface area contributed by atoms with Crippen LogP contribution in [0, 0.1) is 0 Å². The molecule has 1 amide bonds. The smallest absolute Gasteiger partial charge is 0.235 e. The highest BCUT2D eigenvalue weighted by Crippen LogP contribution is 2.44.